The maximum atomic E-state index is 12.4. The lowest BCUT2D eigenvalue weighted by Crippen LogP contribution is -2.40. The Kier molecular flexibility index (Phi) is 2.99. The highest BCUT2D eigenvalue weighted by Crippen LogP contribution is 2.41. The summed E-state index contributed by atoms with van der Waals surface area (Å²) in [6.07, 6.45) is 2.13. The van der Waals surface area contributed by atoms with Crippen LogP contribution in [0.3, 0.4) is 0 Å². The molecule has 0 radical (unpaired) electrons. The van der Waals surface area contributed by atoms with Gasteiger partial charge in [-0.1, -0.05) is 0 Å². The molecule has 2 aliphatic heterocycles. The van der Waals surface area contributed by atoms with E-state index in [0.717, 1.165) is 32.5 Å². The van der Waals surface area contributed by atoms with Gasteiger partial charge in [-0.3, -0.25) is 9.69 Å². The van der Waals surface area contributed by atoms with Crippen LogP contribution >= 0.6 is 0 Å². The van der Waals surface area contributed by atoms with Crippen LogP contribution in [-0.2, 0) is 4.79 Å². The van der Waals surface area contributed by atoms with Crippen molar-refractivity contribution in [2.45, 2.75) is 52.6 Å². The summed E-state index contributed by atoms with van der Waals surface area (Å²) >= 11 is 0. The highest BCUT2D eigenvalue weighted by Gasteiger charge is 2.51. The molecule has 0 bridgehead atoms. The summed E-state index contributed by atoms with van der Waals surface area (Å²) in [4.78, 5) is 16.9. The van der Waals surface area contributed by atoms with Crippen LogP contribution in [0.25, 0.3) is 0 Å². The van der Waals surface area contributed by atoms with E-state index in [4.69, 9.17) is 0 Å². The van der Waals surface area contributed by atoms with E-state index in [1.165, 1.54) is 0 Å². The minimum atomic E-state index is -0.0332. The minimum absolute atomic E-state index is 0.0332. The van der Waals surface area contributed by atoms with Crippen LogP contribution < -0.4 is 0 Å². The Morgan fingerprint density at radius 2 is 1.69 bits per heavy atom. The molecule has 1 unspecified atom stereocenters. The van der Waals surface area contributed by atoms with E-state index in [1.54, 1.807) is 0 Å². The summed E-state index contributed by atoms with van der Waals surface area (Å²) in [5.41, 5.74) is -0.0332. The van der Waals surface area contributed by atoms with Crippen LogP contribution in [0.2, 0.25) is 0 Å². The van der Waals surface area contributed by atoms with Gasteiger partial charge in [-0.15, -0.1) is 0 Å². The number of carbonyl (C=O) groups excluding carboxylic acids is 1. The predicted octanol–water partition coefficient (Wildman–Crippen LogP) is 1.73. The molecule has 0 aromatic rings. The molecule has 2 aliphatic rings. The number of carbonyl (C=O) groups is 1. The normalized spacial score (nSPS) is 31.6. The molecule has 0 N–H and O–H groups in total. The number of likely N-dealkylation sites (tertiary alicyclic amines) is 2. The quantitative estimate of drug-likeness (QED) is 0.713. The van der Waals surface area contributed by atoms with E-state index >= 15 is 0 Å². The number of amides is 1. The largest absolute Gasteiger partial charge is 0.340 e. The summed E-state index contributed by atoms with van der Waals surface area (Å²) < 4.78 is 0. The summed E-state index contributed by atoms with van der Waals surface area (Å²) in [5, 5.41) is 0. The predicted molar refractivity (Wildman–Crippen MR) is 65.2 cm³/mol. The zero-order valence-corrected chi connectivity index (χ0v) is 11.0. The van der Waals surface area contributed by atoms with Crippen LogP contribution in [0.1, 0.15) is 40.5 Å². The van der Waals surface area contributed by atoms with Crippen molar-refractivity contribution in [3.63, 3.8) is 0 Å². The van der Waals surface area contributed by atoms with E-state index < -0.39 is 0 Å². The van der Waals surface area contributed by atoms with Gasteiger partial charge in [0.1, 0.15) is 0 Å². The fourth-order valence-corrected chi connectivity index (χ4v) is 3.06. The van der Waals surface area contributed by atoms with E-state index in [2.05, 4.69) is 37.5 Å². The molecule has 3 nitrogen and oxygen atoms in total. The fourth-order valence-electron chi connectivity index (χ4n) is 3.06. The molecule has 2 fully saturated rings. The van der Waals surface area contributed by atoms with Gasteiger partial charge in [-0.2, -0.15) is 0 Å². The molecule has 3 heteroatoms. The molecular formula is C13H24N2O. The second-order valence-electron chi connectivity index (χ2n) is 5.94. The van der Waals surface area contributed by atoms with Crippen molar-refractivity contribution >= 4 is 5.91 Å². The molecule has 0 aromatic heterocycles. The molecule has 92 valence electrons. The van der Waals surface area contributed by atoms with Gasteiger partial charge in [0.05, 0.1) is 5.41 Å². The van der Waals surface area contributed by atoms with Crippen molar-refractivity contribution in [1.29, 1.82) is 0 Å². The summed E-state index contributed by atoms with van der Waals surface area (Å²) in [5.74, 6) is 0.408. The van der Waals surface area contributed by atoms with Gasteiger partial charge in [-0.25, -0.2) is 0 Å². The number of hydrogen-bond acceptors (Lipinski definition) is 2. The third kappa shape index (κ3) is 1.75. The van der Waals surface area contributed by atoms with Crippen molar-refractivity contribution in [2.75, 3.05) is 19.6 Å². The second kappa shape index (κ2) is 4.02. The van der Waals surface area contributed by atoms with Crippen molar-refractivity contribution in [3.05, 3.63) is 0 Å². The lowest BCUT2D eigenvalue weighted by molar-refractivity contribution is -0.136. The van der Waals surface area contributed by atoms with E-state index in [9.17, 15) is 4.79 Å². The van der Waals surface area contributed by atoms with Crippen molar-refractivity contribution in [3.8, 4) is 0 Å². The first kappa shape index (κ1) is 11.9. The summed E-state index contributed by atoms with van der Waals surface area (Å²) in [6.45, 7) is 11.7. The second-order valence-corrected chi connectivity index (χ2v) is 5.94. The maximum Gasteiger partial charge on any atom is 0.230 e. The first-order valence-corrected chi connectivity index (χ1v) is 6.51. The SMILES string of the molecule is CC(C)N1CCC2(CCN(C(C)C)C2=O)C1. The average Bonchev–Trinajstić information content (AvgIpc) is 2.75. The van der Waals surface area contributed by atoms with E-state index in [1.807, 2.05) is 0 Å². The molecule has 0 saturated carbocycles. The van der Waals surface area contributed by atoms with Crippen molar-refractivity contribution in [2.24, 2.45) is 5.41 Å². The Balaban J connectivity index is 2.09. The van der Waals surface area contributed by atoms with Gasteiger partial charge in [0.2, 0.25) is 5.91 Å². The third-order valence-electron chi connectivity index (χ3n) is 4.28. The molecule has 2 heterocycles. The molecule has 1 atom stereocenters. The number of nitrogens with zero attached hydrogens (tertiary/aromatic N) is 2. The van der Waals surface area contributed by atoms with Crippen LogP contribution in [0.5, 0.6) is 0 Å². The first-order valence-electron chi connectivity index (χ1n) is 6.51. The lowest BCUT2D eigenvalue weighted by atomic mass is 9.85. The fraction of sp³-hybridized carbons (Fsp3) is 0.923. The standard InChI is InChI=1S/C13H24N2O/c1-10(2)14-7-5-13(9-14)6-8-15(11(3)4)12(13)16/h10-11H,5-9H2,1-4H3. The third-order valence-corrected chi connectivity index (χ3v) is 4.28. The summed E-state index contributed by atoms with van der Waals surface area (Å²) in [6, 6.07) is 0.931. The molecular weight excluding hydrogens is 200 g/mol. The van der Waals surface area contributed by atoms with Crippen LogP contribution in [0.4, 0.5) is 0 Å². The monoisotopic (exact) mass is 224 g/mol. The highest BCUT2D eigenvalue weighted by atomic mass is 16.2. The minimum Gasteiger partial charge on any atom is -0.340 e. The van der Waals surface area contributed by atoms with Crippen LogP contribution in [0, 0.1) is 5.41 Å². The maximum absolute atomic E-state index is 12.4. The summed E-state index contributed by atoms with van der Waals surface area (Å²) in [7, 11) is 0. The Labute approximate surface area is 98.8 Å². The number of hydrogen-bond donors (Lipinski definition) is 0. The Morgan fingerprint density at radius 1 is 1.06 bits per heavy atom. The van der Waals surface area contributed by atoms with Gasteiger partial charge in [-0.05, 0) is 47.1 Å². The average molecular weight is 224 g/mol. The molecule has 0 aromatic carbocycles. The topological polar surface area (TPSA) is 23.6 Å². The molecule has 1 amide bonds. The zero-order chi connectivity index (χ0) is 11.9. The molecule has 0 aliphatic carbocycles. The van der Waals surface area contributed by atoms with Gasteiger partial charge in [0.25, 0.3) is 0 Å². The van der Waals surface area contributed by atoms with E-state index in [0.29, 0.717) is 18.0 Å². The zero-order valence-electron chi connectivity index (χ0n) is 11.0. The van der Waals surface area contributed by atoms with E-state index in [-0.39, 0.29) is 5.41 Å². The molecule has 2 saturated heterocycles. The van der Waals surface area contributed by atoms with Crippen molar-refractivity contribution in [1.82, 2.24) is 9.80 Å². The molecule has 2 rings (SSSR count). The highest BCUT2D eigenvalue weighted by molar-refractivity contribution is 5.85. The van der Waals surface area contributed by atoms with Gasteiger partial charge < -0.3 is 4.90 Å². The smallest absolute Gasteiger partial charge is 0.230 e. The van der Waals surface area contributed by atoms with Gasteiger partial charge in [0.15, 0.2) is 0 Å². The molecule has 1 spiro atoms. The van der Waals surface area contributed by atoms with Gasteiger partial charge >= 0.3 is 0 Å². The molecule has 16 heavy (non-hydrogen) atoms. The Hall–Kier alpha value is -0.570. The Bertz CT molecular complexity index is 284. The number of rotatable bonds is 2. The first-order chi connectivity index (χ1) is 7.46. The van der Waals surface area contributed by atoms with Gasteiger partial charge in [0, 0.05) is 25.2 Å². The Morgan fingerprint density at radius 3 is 2.12 bits per heavy atom. The van der Waals surface area contributed by atoms with Crippen molar-refractivity contribution < 1.29 is 4.79 Å². The van der Waals surface area contributed by atoms with Crippen LogP contribution in [0.15, 0.2) is 0 Å². The lowest BCUT2D eigenvalue weighted by Gasteiger charge is -2.27. The van der Waals surface area contributed by atoms with Crippen LogP contribution in [-0.4, -0.2) is 47.4 Å².